The zero-order chi connectivity index (χ0) is 18.4. The van der Waals surface area contributed by atoms with E-state index >= 15 is 0 Å². The molecule has 0 radical (unpaired) electrons. The average Bonchev–Trinajstić information content (AvgIpc) is 2.72. The van der Waals surface area contributed by atoms with Gasteiger partial charge in [-0.25, -0.2) is 17.9 Å². The Balaban J connectivity index is 1.80. The van der Waals surface area contributed by atoms with Crippen LogP contribution in [0.3, 0.4) is 0 Å². The largest absolute Gasteiger partial charge is 0.353 e. The van der Waals surface area contributed by atoms with Crippen molar-refractivity contribution in [2.45, 2.75) is 23.8 Å². The van der Waals surface area contributed by atoms with Gasteiger partial charge >= 0.3 is 6.03 Å². The number of halogens is 1. The second-order valence-electron chi connectivity index (χ2n) is 5.26. The van der Waals surface area contributed by atoms with Gasteiger partial charge in [-0.3, -0.25) is 14.9 Å². The molecule has 1 fully saturated rings. The number of carbonyl (C=O) groups is 3. The number of urea groups is 1. The van der Waals surface area contributed by atoms with Gasteiger partial charge in [0.15, 0.2) is 0 Å². The van der Waals surface area contributed by atoms with Crippen LogP contribution in [0, 0.1) is 0 Å². The van der Waals surface area contributed by atoms with Gasteiger partial charge in [0.1, 0.15) is 6.04 Å². The van der Waals surface area contributed by atoms with Gasteiger partial charge in [-0.2, -0.15) is 0 Å². The molecule has 136 valence electrons. The summed E-state index contributed by atoms with van der Waals surface area (Å²) in [7, 11) is -3.71. The Hall–Kier alpha value is -2.17. The van der Waals surface area contributed by atoms with E-state index < -0.39 is 33.9 Å². The quantitative estimate of drug-likeness (QED) is 0.497. The first-order chi connectivity index (χ1) is 11.8. The summed E-state index contributed by atoms with van der Waals surface area (Å²) in [5.74, 6) is -0.945. The summed E-state index contributed by atoms with van der Waals surface area (Å²) in [6.45, 7) is -0.00601. The summed E-state index contributed by atoms with van der Waals surface area (Å²) >= 11 is 5.71. The van der Waals surface area contributed by atoms with Crippen LogP contribution in [0.5, 0.6) is 0 Å². The van der Waals surface area contributed by atoms with Crippen molar-refractivity contribution in [2.24, 2.45) is 0 Å². The van der Waals surface area contributed by atoms with Gasteiger partial charge in [-0.05, 0) is 30.7 Å². The number of hydrogen-bond donors (Lipinski definition) is 4. The van der Waals surface area contributed by atoms with Gasteiger partial charge in [0.05, 0.1) is 4.90 Å². The van der Waals surface area contributed by atoms with E-state index in [1.165, 1.54) is 24.3 Å². The number of imide groups is 1. The molecule has 1 heterocycles. The molecule has 0 aromatic heterocycles. The van der Waals surface area contributed by atoms with Crippen LogP contribution in [0.2, 0.25) is 5.02 Å². The minimum atomic E-state index is -3.71. The molecule has 25 heavy (non-hydrogen) atoms. The fourth-order valence-electron chi connectivity index (χ4n) is 2.12. The summed E-state index contributed by atoms with van der Waals surface area (Å²) < 4.78 is 26.4. The lowest BCUT2D eigenvalue weighted by molar-refractivity contribution is -0.123. The third-order valence-electron chi connectivity index (χ3n) is 3.38. The number of sulfonamides is 1. The normalized spacial score (nSPS) is 18.0. The number of amides is 4. The predicted octanol–water partition coefficient (Wildman–Crippen LogP) is -0.277. The van der Waals surface area contributed by atoms with Crippen molar-refractivity contribution in [1.29, 1.82) is 0 Å². The van der Waals surface area contributed by atoms with Crippen LogP contribution in [0.25, 0.3) is 0 Å². The highest BCUT2D eigenvalue weighted by Gasteiger charge is 2.25. The smallest absolute Gasteiger partial charge is 0.322 e. The molecule has 11 heteroatoms. The Bertz CT molecular complexity index is 766. The van der Waals surface area contributed by atoms with Gasteiger partial charge in [0.25, 0.3) is 0 Å². The zero-order valence-electron chi connectivity index (χ0n) is 13.0. The van der Waals surface area contributed by atoms with Gasteiger partial charge in [0, 0.05) is 24.5 Å². The molecule has 4 N–H and O–H groups in total. The molecule has 1 atom stereocenters. The minimum Gasteiger partial charge on any atom is -0.353 e. The van der Waals surface area contributed by atoms with E-state index in [0.717, 1.165) is 0 Å². The van der Waals surface area contributed by atoms with E-state index in [1.807, 2.05) is 0 Å². The molecular weight excluding hydrogens is 372 g/mol. The molecule has 1 aliphatic rings. The summed E-state index contributed by atoms with van der Waals surface area (Å²) in [5, 5.41) is 7.36. The van der Waals surface area contributed by atoms with Crippen LogP contribution in [0.4, 0.5) is 4.79 Å². The van der Waals surface area contributed by atoms with Crippen molar-refractivity contribution in [3.05, 3.63) is 29.3 Å². The number of hydrogen-bond acceptors (Lipinski definition) is 5. The molecule has 1 aromatic carbocycles. The standard InChI is InChI=1S/C14H17ClN4O5S/c15-9-1-3-10(4-2-9)25(23,24)17-8-7-16-13(21)11-5-6-12(20)19-14(22)18-11/h1-4,11,17H,5-8H2,(H,16,21)(H2,18,19,20,22)/t11-/m0/s1. The van der Waals surface area contributed by atoms with Gasteiger partial charge in [-0.1, -0.05) is 11.6 Å². The SMILES string of the molecule is O=C1CC[C@@H](C(=O)NCCNS(=O)(=O)c2ccc(Cl)cc2)NC(=O)N1. The summed E-state index contributed by atoms with van der Waals surface area (Å²) in [5.41, 5.74) is 0. The highest BCUT2D eigenvalue weighted by molar-refractivity contribution is 7.89. The van der Waals surface area contributed by atoms with E-state index in [1.54, 1.807) is 0 Å². The zero-order valence-corrected chi connectivity index (χ0v) is 14.6. The van der Waals surface area contributed by atoms with Crippen LogP contribution in [-0.2, 0) is 19.6 Å². The molecule has 1 aliphatic heterocycles. The molecule has 1 aromatic rings. The van der Waals surface area contributed by atoms with E-state index in [0.29, 0.717) is 5.02 Å². The first kappa shape index (κ1) is 19.2. The van der Waals surface area contributed by atoms with Crippen molar-refractivity contribution in [3.63, 3.8) is 0 Å². The minimum absolute atomic E-state index is 0.0272. The lowest BCUT2D eigenvalue weighted by atomic mass is 10.1. The van der Waals surface area contributed by atoms with Gasteiger partial charge in [0.2, 0.25) is 21.8 Å². The summed E-state index contributed by atoms with van der Waals surface area (Å²) in [6.07, 6.45) is 0.208. The second-order valence-corrected chi connectivity index (χ2v) is 7.46. The van der Waals surface area contributed by atoms with Crippen molar-refractivity contribution in [1.82, 2.24) is 20.7 Å². The topological polar surface area (TPSA) is 133 Å². The first-order valence-corrected chi connectivity index (χ1v) is 9.27. The Kier molecular flexibility index (Phi) is 6.34. The molecule has 1 saturated heterocycles. The third-order valence-corrected chi connectivity index (χ3v) is 5.10. The number of benzene rings is 1. The molecule has 0 aliphatic carbocycles. The Morgan fingerprint density at radius 3 is 2.56 bits per heavy atom. The van der Waals surface area contributed by atoms with E-state index in [-0.39, 0.29) is 30.8 Å². The van der Waals surface area contributed by atoms with E-state index in [4.69, 9.17) is 11.6 Å². The molecular formula is C14H17ClN4O5S. The van der Waals surface area contributed by atoms with Crippen molar-refractivity contribution in [2.75, 3.05) is 13.1 Å². The predicted molar refractivity (Wildman–Crippen MR) is 89.3 cm³/mol. The second kappa shape index (κ2) is 8.28. The fraction of sp³-hybridized carbons (Fsp3) is 0.357. The first-order valence-electron chi connectivity index (χ1n) is 7.41. The highest BCUT2D eigenvalue weighted by Crippen LogP contribution is 2.13. The van der Waals surface area contributed by atoms with E-state index in [9.17, 15) is 22.8 Å². The molecule has 4 amide bonds. The lowest BCUT2D eigenvalue weighted by Gasteiger charge is -2.15. The Morgan fingerprint density at radius 2 is 1.88 bits per heavy atom. The monoisotopic (exact) mass is 388 g/mol. The van der Waals surface area contributed by atoms with Gasteiger partial charge in [-0.15, -0.1) is 0 Å². The highest BCUT2D eigenvalue weighted by atomic mass is 35.5. The maximum atomic E-state index is 12.0. The third kappa shape index (κ3) is 5.69. The van der Waals surface area contributed by atoms with Crippen LogP contribution in [0.15, 0.2) is 29.2 Å². The van der Waals surface area contributed by atoms with Crippen LogP contribution < -0.4 is 20.7 Å². The van der Waals surface area contributed by atoms with Crippen molar-refractivity contribution >= 4 is 39.5 Å². The van der Waals surface area contributed by atoms with Crippen molar-refractivity contribution in [3.8, 4) is 0 Å². The van der Waals surface area contributed by atoms with Crippen LogP contribution >= 0.6 is 11.6 Å². The Morgan fingerprint density at radius 1 is 1.20 bits per heavy atom. The summed E-state index contributed by atoms with van der Waals surface area (Å²) in [4.78, 5) is 34.6. The Labute approximate surface area is 149 Å². The lowest BCUT2D eigenvalue weighted by Crippen LogP contribution is -2.49. The molecule has 0 spiro atoms. The maximum absolute atomic E-state index is 12.0. The summed E-state index contributed by atoms with van der Waals surface area (Å²) in [6, 6.07) is 4.08. The van der Waals surface area contributed by atoms with E-state index in [2.05, 4.69) is 20.7 Å². The fourth-order valence-corrected chi connectivity index (χ4v) is 3.28. The average molecular weight is 389 g/mol. The molecule has 0 unspecified atom stereocenters. The van der Waals surface area contributed by atoms with Crippen LogP contribution in [0.1, 0.15) is 12.8 Å². The number of rotatable bonds is 6. The number of carbonyl (C=O) groups excluding carboxylic acids is 3. The van der Waals surface area contributed by atoms with Gasteiger partial charge < -0.3 is 10.6 Å². The molecule has 0 bridgehead atoms. The van der Waals surface area contributed by atoms with Crippen molar-refractivity contribution < 1.29 is 22.8 Å². The number of nitrogens with one attached hydrogen (secondary N) is 4. The van der Waals surface area contributed by atoms with Crippen LogP contribution in [-0.4, -0.2) is 45.4 Å². The molecule has 2 rings (SSSR count). The maximum Gasteiger partial charge on any atom is 0.322 e. The molecule has 9 nitrogen and oxygen atoms in total. The molecule has 0 saturated carbocycles.